The normalized spacial score (nSPS) is 17.6. The van der Waals surface area contributed by atoms with E-state index in [4.69, 9.17) is 9.84 Å². The summed E-state index contributed by atoms with van der Waals surface area (Å²) in [6.45, 7) is 0.811. The number of ether oxygens (including phenoxy) is 1. The molecule has 0 aromatic heterocycles. The van der Waals surface area contributed by atoms with E-state index in [1.54, 1.807) is 7.11 Å². The smallest absolute Gasteiger partial charge is 0.311 e. The zero-order valence-corrected chi connectivity index (χ0v) is 9.62. The van der Waals surface area contributed by atoms with Crippen molar-refractivity contribution in [3.05, 3.63) is 0 Å². The van der Waals surface area contributed by atoms with Crippen LogP contribution >= 0.6 is 0 Å². The second-order valence-electron chi connectivity index (χ2n) is 4.31. The van der Waals surface area contributed by atoms with Crippen LogP contribution in [-0.4, -0.2) is 37.2 Å². The molecule has 1 aliphatic rings. The van der Waals surface area contributed by atoms with Crippen LogP contribution in [-0.2, 0) is 14.3 Å². The lowest BCUT2D eigenvalue weighted by molar-refractivity contribution is -0.154. The van der Waals surface area contributed by atoms with Crippen LogP contribution in [0.3, 0.4) is 0 Å². The lowest BCUT2D eigenvalue weighted by Gasteiger charge is -2.37. The van der Waals surface area contributed by atoms with E-state index in [1.165, 1.54) is 0 Å². The molecule has 0 heterocycles. The van der Waals surface area contributed by atoms with E-state index in [0.29, 0.717) is 32.3 Å². The van der Waals surface area contributed by atoms with E-state index in [9.17, 15) is 9.59 Å². The minimum atomic E-state index is -0.795. The monoisotopic (exact) mass is 229 g/mol. The first kappa shape index (κ1) is 13.0. The standard InChI is InChI=1S/C11H19NO4/c1-16-7-2-4-9(13)12-8-11(10(14)15)5-3-6-11/h2-8H2,1H3,(H,12,13)(H,14,15). The molecule has 1 saturated carbocycles. The van der Waals surface area contributed by atoms with Gasteiger partial charge in [-0.2, -0.15) is 0 Å². The predicted octanol–water partition coefficient (Wildman–Crippen LogP) is 0.784. The van der Waals surface area contributed by atoms with Crippen LogP contribution in [0.25, 0.3) is 0 Å². The minimum Gasteiger partial charge on any atom is -0.481 e. The van der Waals surface area contributed by atoms with Crippen LogP contribution in [0.1, 0.15) is 32.1 Å². The highest BCUT2D eigenvalue weighted by Gasteiger charge is 2.44. The van der Waals surface area contributed by atoms with Crippen molar-refractivity contribution in [1.29, 1.82) is 0 Å². The Morgan fingerprint density at radius 2 is 2.12 bits per heavy atom. The van der Waals surface area contributed by atoms with Crippen molar-refractivity contribution in [2.45, 2.75) is 32.1 Å². The van der Waals surface area contributed by atoms with Gasteiger partial charge in [0.05, 0.1) is 5.41 Å². The summed E-state index contributed by atoms with van der Waals surface area (Å²) in [5, 5.41) is 11.7. The lowest BCUT2D eigenvalue weighted by atomic mass is 9.69. The molecular formula is C11H19NO4. The van der Waals surface area contributed by atoms with E-state index in [2.05, 4.69) is 5.32 Å². The SMILES string of the molecule is COCCCC(=O)NCC1(C(=O)O)CCC1. The van der Waals surface area contributed by atoms with Crippen molar-refractivity contribution in [2.75, 3.05) is 20.3 Å². The molecule has 1 amide bonds. The van der Waals surface area contributed by atoms with Gasteiger partial charge in [0.15, 0.2) is 0 Å². The van der Waals surface area contributed by atoms with Crippen molar-refractivity contribution in [2.24, 2.45) is 5.41 Å². The molecule has 0 saturated heterocycles. The van der Waals surface area contributed by atoms with Gasteiger partial charge in [-0.3, -0.25) is 9.59 Å². The Bertz CT molecular complexity index is 261. The van der Waals surface area contributed by atoms with Crippen LogP contribution in [0.2, 0.25) is 0 Å². The van der Waals surface area contributed by atoms with Crippen molar-refractivity contribution < 1.29 is 19.4 Å². The summed E-state index contributed by atoms with van der Waals surface area (Å²) < 4.78 is 4.83. The molecule has 2 N–H and O–H groups in total. The zero-order valence-electron chi connectivity index (χ0n) is 9.62. The number of amides is 1. The molecule has 0 aliphatic heterocycles. The minimum absolute atomic E-state index is 0.0930. The fraction of sp³-hybridized carbons (Fsp3) is 0.818. The fourth-order valence-corrected chi connectivity index (χ4v) is 1.80. The van der Waals surface area contributed by atoms with Gasteiger partial charge in [0.1, 0.15) is 0 Å². The van der Waals surface area contributed by atoms with Gasteiger partial charge in [-0.1, -0.05) is 6.42 Å². The molecule has 0 aromatic rings. The predicted molar refractivity (Wildman–Crippen MR) is 58.0 cm³/mol. The number of carboxylic acid groups (broad SMARTS) is 1. The van der Waals surface area contributed by atoms with Gasteiger partial charge in [-0.05, 0) is 19.3 Å². The third-order valence-electron chi connectivity index (χ3n) is 3.14. The van der Waals surface area contributed by atoms with E-state index in [1.807, 2.05) is 0 Å². The molecule has 5 heteroatoms. The second kappa shape index (κ2) is 5.84. The number of hydrogen-bond donors (Lipinski definition) is 2. The van der Waals surface area contributed by atoms with Gasteiger partial charge in [-0.15, -0.1) is 0 Å². The number of carbonyl (C=O) groups excluding carboxylic acids is 1. The largest absolute Gasteiger partial charge is 0.481 e. The number of methoxy groups -OCH3 is 1. The van der Waals surface area contributed by atoms with Gasteiger partial charge < -0.3 is 15.2 Å². The van der Waals surface area contributed by atoms with Gasteiger partial charge >= 0.3 is 5.97 Å². The topological polar surface area (TPSA) is 75.6 Å². The van der Waals surface area contributed by atoms with E-state index >= 15 is 0 Å². The molecule has 5 nitrogen and oxygen atoms in total. The molecule has 0 unspecified atom stereocenters. The molecular weight excluding hydrogens is 210 g/mol. The number of hydrogen-bond acceptors (Lipinski definition) is 3. The van der Waals surface area contributed by atoms with Gasteiger partial charge in [0.2, 0.25) is 5.91 Å². The molecule has 0 radical (unpaired) electrons. The number of nitrogens with one attached hydrogen (secondary N) is 1. The highest BCUT2D eigenvalue weighted by molar-refractivity contribution is 5.79. The number of carboxylic acids is 1. The fourth-order valence-electron chi connectivity index (χ4n) is 1.80. The maximum absolute atomic E-state index is 11.4. The highest BCUT2D eigenvalue weighted by Crippen LogP contribution is 2.40. The average Bonchev–Trinajstić information content (AvgIpc) is 2.16. The first-order valence-corrected chi connectivity index (χ1v) is 5.60. The molecule has 0 bridgehead atoms. The van der Waals surface area contributed by atoms with Crippen molar-refractivity contribution >= 4 is 11.9 Å². The van der Waals surface area contributed by atoms with Crippen LogP contribution in [0, 0.1) is 5.41 Å². The first-order valence-electron chi connectivity index (χ1n) is 5.60. The maximum Gasteiger partial charge on any atom is 0.311 e. The summed E-state index contributed by atoms with van der Waals surface area (Å²) in [4.78, 5) is 22.4. The summed E-state index contributed by atoms with van der Waals surface area (Å²) in [6.07, 6.45) is 3.33. The molecule has 92 valence electrons. The Morgan fingerprint density at radius 3 is 2.56 bits per heavy atom. The summed E-state index contributed by atoms with van der Waals surface area (Å²) in [5.41, 5.74) is -0.698. The average molecular weight is 229 g/mol. The van der Waals surface area contributed by atoms with Crippen molar-refractivity contribution in [1.82, 2.24) is 5.32 Å². The Kier molecular flexibility index (Phi) is 4.73. The van der Waals surface area contributed by atoms with E-state index < -0.39 is 11.4 Å². The Morgan fingerprint density at radius 1 is 1.44 bits per heavy atom. The highest BCUT2D eigenvalue weighted by atomic mass is 16.5. The number of rotatable bonds is 7. The third kappa shape index (κ3) is 3.20. The number of carbonyl (C=O) groups is 2. The summed E-state index contributed by atoms with van der Waals surface area (Å²) in [5.74, 6) is -0.888. The summed E-state index contributed by atoms with van der Waals surface area (Å²) in [7, 11) is 1.59. The molecule has 16 heavy (non-hydrogen) atoms. The third-order valence-corrected chi connectivity index (χ3v) is 3.14. The van der Waals surface area contributed by atoms with Gasteiger partial charge in [0.25, 0.3) is 0 Å². The molecule has 0 aromatic carbocycles. The van der Waals surface area contributed by atoms with E-state index in [0.717, 1.165) is 6.42 Å². The lowest BCUT2D eigenvalue weighted by Crippen LogP contribution is -2.47. The van der Waals surface area contributed by atoms with Crippen molar-refractivity contribution in [3.8, 4) is 0 Å². The molecule has 0 atom stereocenters. The quantitative estimate of drug-likeness (QED) is 0.633. The Labute approximate surface area is 95.2 Å². The van der Waals surface area contributed by atoms with Gasteiger partial charge in [0, 0.05) is 26.7 Å². The summed E-state index contributed by atoms with van der Waals surface area (Å²) in [6, 6.07) is 0. The van der Waals surface area contributed by atoms with E-state index in [-0.39, 0.29) is 12.5 Å². The van der Waals surface area contributed by atoms with Crippen molar-refractivity contribution in [3.63, 3.8) is 0 Å². The molecule has 1 rings (SSSR count). The summed E-state index contributed by atoms with van der Waals surface area (Å²) >= 11 is 0. The first-order chi connectivity index (χ1) is 7.60. The van der Waals surface area contributed by atoms with Gasteiger partial charge in [-0.25, -0.2) is 0 Å². The Hall–Kier alpha value is -1.10. The zero-order chi connectivity index (χ0) is 12.0. The second-order valence-corrected chi connectivity index (χ2v) is 4.31. The van der Waals surface area contributed by atoms with Crippen LogP contribution < -0.4 is 5.32 Å². The van der Waals surface area contributed by atoms with Crippen LogP contribution in [0.4, 0.5) is 0 Å². The maximum atomic E-state index is 11.4. The molecule has 1 fully saturated rings. The number of aliphatic carboxylic acids is 1. The Balaban J connectivity index is 2.22. The molecule has 0 spiro atoms. The van der Waals surface area contributed by atoms with Crippen LogP contribution in [0.15, 0.2) is 0 Å². The molecule has 1 aliphatic carbocycles. The van der Waals surface area contributed by atoms with Crippen LogP contribution in [0.5, 0.6) is 0 Å².